The highest BCUT2D eigenvalue weighted by Gasteiger charge is 2.17. The molecule has 4 nitrogen and oxygen atoms in total. The highest BCUT2D eigenvalue weighted by atomic mass is 16.5. The van der Waals surface area contributed by atoms with Crippen LogP contribution in [-0.2, 0) is 0 Å². The van der Waals surface area contributed by atoms with Gasteiger partial charge in [-0.15, -0.1) is 0 Å². The number of hydrogen-bond donors (Lipinski definition) is 1. The van der Waals surface area contributed by atoms with Gasteiger partial charge in [-0.3, -0.25) is 5.73 Å². The van der Waals surface area contributed by atoms with Crippen molar-refractivity contribution in [3.63, 3.8) is 0 Å². The largest absolute Gasteiger partial charge is 0.497 e. The Morgan fingerprint density at radius 2 is 1.64 bits per heavy atom. The second-order valence-electron chi connectivity index (χ2n) is 6.02. The average Bonchev–Trinajstić information content (AvgIpc) is 2.63. The van der Waals surface area contributed by atoms with E-state index in [4.69, 9.17) is 10.5 Å². The van der Waals surface area contributed by atoms with E-state index in [0.29, 0.717) is 11.4 Å². The van der Waals surface area contributed by atoms with Gasteiger partial charge in [-0.05, 0) is 54.8 Å². The van der Waals surface area contributed by atoms with E-state index in [0.717, 1.165) is 28.1 Å². The molecule has 0 amide bonds. The number of nitriles is 1. The molecule has 0 aliphatic carbocycles. The monoisotopic (exact) mass is 330 g/mol. The standard InChI is InChI=1S/C21H19N3O/c1-13-4-5-16(10-14(13)2)20-11-18(19(12-22)21(23)24-20)15-6-8-17(25-3)9-7-15/h4-11H,1-3H3,(H2,23,24)/p+1. The third-order valence-corrected chi connectivity index (χ3v) is 4.43. The topological polar surface area (TPSA) is 73.2 Å². The number of H-pyrrole nitrogens is 1. The molecule has 3 N–H and O–H groups in total. The van der Waals surface area contributed by atoms with Gasteiger partial charge in [0, 0.05) is 11.1 Å². The Bertz CT molecular complexity index is 970. The van der Waals surface area contributed by atoms with Crippen molar-refractivity contribution in [2.24, 2.45) is 0 Å². The summed E-state index contributed by atoms with van der Waals surface area (Å²) in [5.74, 6) is 1.14. The van der Waals surface area contributed by atoms with E-state index < -0.39 is 0 Å². The molecule has 0 bridgehead atoms. The summed E-state index contributed by atoms with van der Waals surface area (Å²) in [6, 6.07) is 18.0. The van der Waals surface area contributed by atoms with Gasteiger partial charge < -0.3 is 4.74 Å². The number of aryl methyl sites for hydroxylation is 2. The van der Waals surface area contributed by atoms with Crippen molar-refractivity contribution < 1.29 is 9.72 Å². The third kappa shape index (κ3) is 3.17. The lowest BCUT2D eigenvalue weighted by molar-refractivity contribution is -0.346. The van der Waals surface area contributed by atoms with Crippen LogP contribution in [0.5, 0.6) is 5.75 Å². The van der Waals surface area contributed by atoms with E-state index in [1.807, 2.05) is 30.3 Å². The van der Waals surface area contributed by atoms with Crippen LogP contribution in [0.1, 0.15) is 16.7 Å². The van der Waals surface area contributed by atoms with Crippen molar-refractivity contribution >= 4 is 5.82 Å². The SMILES string of the molecule is COc1ccc(-c2cc(-c3ccc(C)c(C)c3)[nH+]c(N)c2C#N)cc1. The van der Waals surface area contributed by atoms with Crippen molar-refractivity contribution in [1.29, 1.82) is 5.26 Å². The molecule has 1 aromatic heterocycles. The summed E-state index contributed by atoms with van der Waals surface area (Å²) in [4.78, 5) is 3.15. The molecule has 0 atom stereocenters. The number of nitrogens with one attached hydrogen (secondary N) is 1. The number of rotatable bonds is 3. The number of nitrogen functional groups attached to an aromatic ring is 1. The average molecular weight is 330 g/mol. The minimum Gasteiger partial charge on any atom is -0.497 e. The molecule has 0 radical (unpaired) electrons. The second kappa shape index (κ2) is 6.66. The summed E-state index contributed by atoms with van der Waals surface area (Å²) >= 11 is 0. The number of aromatic nitrogens is 1. The molecule has 0 aliphatic rings. The first-order chi connectivity index (χ1) is 12.0. The van der Waals surface area contributed by atoms with Gasteiger partial charge in [-0.2, -0.15) is 5.26 Å². The molecule has 0 spiro atoms. The number of benzene rings is 2. The fraction of sp³-hybridized carbons (Fsp3) is 0.143. The summed E-state index contributed by atoms with van der Waals surface area (Å²) in [6.45, 7) is 4.16. The lowest BCUT2D eigenvalue weighted by atomic mass is 9.97. The predicted molar refractivity (Wildman–Crippen MR) is 99.0 cm³/mol. The Labute approximate surface area is 147 Å². The number of nitrogens with zero attached hydrogens (tertiary/aromatic N) is 1. The summed E-state index contributed by atoms with van der Waals surface area (Å²) in [6.07, 6.45) is 0. The lowest BCUT2D eigenvalue weighted by Gasteiger charge is -2.09. The van der Waals surface area contributed by atoms with Gasteiger partial charge in [0.05, 0.1) is 7.11 Å². The summed E-state index contributed by atoms with van der Waals surface area (Å²) in [7, 11) is 1.63. The molecule has 0 saturated carbocycles. The van der Waals surface area contributed by atoms with E-state index in [2.05, 4.69) is 43.1 Å². The molecule has 124 valence electrons. The number of aromatic amines is 1. The van der Waals surface area contributed by atoms with Crippen LogP contribution in [0, 0.1) is 25.2 Å². The van der Waals surface area contributed by atoms with E-state index in [1.54, 1.807) is 7.11 Å². The van der Waals surface area contributed by atoms with Gasteiger partial charge in [-0.1, -0.05) is 24.3 Å². The zero-order valence-corrected chi connectivity index (χ0v) is 14.6. The molecule has 4 heteroatoms. The van der Waals surface area contributed by atoms with Crippen LogP contribution in [0.15, 0.2) is 48.5 Å². The number of pyridine rings is 1. The van der Waals surface area contributed by atoms with Crippen LogP contribution in [0.4, 0.5) is 5.82 Å². The molecular formula is C21H20N3O+. The molecule has 2 aromatic carbocycles. The molecule has 1 heterocycles. The number of methoxy groups -OCH3 is 1. The van der Waals surface area contributed by atoms with Gasteiger partial charge in [0.1, 0.15) is 23.1 Å². The Kier molecular flexibility index (Phi) is 4.40. The Hall–Kier alpha value is -3.32. The summed E-state index contributed by atoms with van der Waals surface area (Å²) < 4.78 is 5.21. The third-order valence-electron chi connectivity index (χ3n) is 4.43. The highest BCUT2D eigenvalue weighted by Crippen LogP contribution is 2.30. The molecule has 0 saturated heterocycles. The molecule has 0 unspecified atom stereocenters. The maximum Gasteiger partial charge on any atom is 0.289 e. The molecular weight excluding hydrogens is 310 g/mol. The second-order valence-corrected chi connectivity index (χ2v) is 6.02. The minimum atomic E-state index is 0.365. The van der Waals surface area contributed by atoms with Crippen molar-refractivity contribution in [3.05, 3.63) is 65.2 Å². The van der Waals surface area contributed by atoms with Gasteiger partial charge in [-0.25, -0.2) is 4.98 Å². The highest BCUT2D eigenvalue weighted by molar-refractivity contribution is 5.78. The van der Waals surface area contributed by atoms with Crippen molar-refractivity contribution in [2.75, 3.05) is 12.8 Å². The van der Waals surface area contributed by atoms with Gasteiger partial charge >= 0.3 is 0 Å². The lowest BCUT2D eigenvalue weighted by Crippen LogP contribution is -2.16. The number of ether oxygens (including phenoxy) is 1. The number of anilines is 1. The van der Waals surface area contributed by atoms with Gasteiger partial charge in [0.25, 0.3) is 5.82 Å². The van der Waals surface area contributed by atoms with E-state index in [-0.39, 0.29) is 0 Å². The molecule has 3 aromatic rings. The first-order valence-electron chi connectivity index (χ1n) is 8.01. The summed E-state index contributed by atoms with van der Waals surface area (Å²) in [5, 5.41) is 9.53. The van der Waals surface area contributed by atoms with Crippen LogP contribution in [0.25, 0.3) is 22.4 Å². The quantitative estimate of drug-likeness (QED) is 0.791. The van der Waals surface area contributed by atoms with E-state index in [1.165, 1.54) is 11.1 Å². The Balaban J connectivity index is 2.18. The van der Waals surface area contributed by atoms with Crippen molar-refractivity contribution in [2.45, 2.75) is 13.8 Å². The maximum absolute atomic E-state index is 9.53. The minimum absolute atomic E-state index is 0.365. The maximum atomic E-state index is 9.53. The van der Waals surface area contributed by atoms with Crippen LogP contribution in [0.3, 0.4) is 0 Å². The molecule has 25 heavy (non-hydrogen) atoms. The van der Waals surface area contributed by atoms with Crippen molar-refractivity contribution in [1.82, 2.24) is 0 Å². The van der Waals surface area contributed by atoms with Gasteiger partial charge in [0.15, 0.2) is 0 Å². The predicted octanol–water partition coefficient (Wildman–Crippen LogP) is 3.91. The Morgan fingerprint density at radius 3 is 2.24 bits per heavy atom. The molecule has 0 aliphatic heterocycles. The van der Waals surface area contributed by atoms with Gasteiger partial charge in [0.2, 0.25) is 0 Å². The van der Waals surface area contributed by atoms with Crippen LogP contribution < -0.4 is 15.5 Å². The molecule has 0 fully saturated rings. The fourth-order valence-corrected chi connectivity index (χ4v) is 2.79. The zero-order chi connectivity index (χ0) is 18.0. The zero-order valence-electron chi connectivity index (χ0n) is 14.6. The first-order valence-corrected chi connectivity index (χ1v) is 8.01. The smallest absolute Gasteiger partial charge is 0.289 e. The van der Waals surface area contributed by atoms with E-state index >= 15 is 0 Å². The van der Waals surface area contributed by atoms with Crippen molar-refractivity contribution in [3.8, 4) is 34.2 Å². The first kappa shape index (κ1) is 16.5. The van der Waals surface area contributed by atoms with E-state index in [9.17, 15) is 5.26 Å². The number of nitrogens with two attached hydrogens (primary N) is 1. The van der Waals surface area contributed by atoms with Crippen LogP contribution in [0.2, 0.25) is 0 Å². The normalized spacial score (nSPS) is 10.3. The fourth-order valence-electron chi connectivity index (χ4n) is 2.79. The Morgan fingerprint density at radius 1 is 0.960 bits per heavy atom. The number of hydrogen-bond acceptors (Lipinski definition) is 3. The molecule has 3 rings (SSSR count). The van der Waals surface area contributed by atoms with Crippen LogP contribution in [-0.4, -0.2) is 7.11 Å². The van der Waals surface area contributed by atoms with Crippen LogP contribution >= 0.6 is 0 Å². The summed E-state index contributed by atoms with van der Waals surface area (Å²) in [5.41, 5.74) is 12.7.